The third kappa shape index (κ3) is 3.56. The van der Waals surface area contributed by atoms with Crippen molar-refractivity contribution in [1.82, 2.24) is 9.97 Å². The van der Waals surface area contributed by atoms with Gasteiger partial charge in [-0.3, -0.25) is 9.97 Å². The van der Waals surface area contributed by atoms with Gasteiger partial charge in [-0.2, -0.15) is 5.26 Å². The molecule has 0 saturated heterocycles. The second-order valence-corrected chi connectivity index (χ2v) is 9.74. The number of halogens is 3. The van der Waals surface area contributed by atoms with Gasteiger partial charge in [-0.1, -0.05) is 6.92 Å². The molecule has 2 aromatic rings. The molecule has 0 radical (unpaired) electrons. The number of alkyl halides is 3. The number of aromatic nitrogens is 2. The molecule has 0 aromatic carbocycles. The number of hydrogen-bond acceptors (Lipinski definition) is 7. The fraction of sp³-hybridized carbons (Fsp3) is 0.400. The first-order valence-electron chi connectivity index (χ1n) is 9.65. The second-order valence-electron chi connectivity index (χ2n) is 7.50. The Morgan fingerprint density at radius 3 is 2.56 bits per heavy atom. The number of ether oxygens (including phenoxy) is 1. The van der Waals surface area contributed by atoms with Crippen molar-refractivity contribution in [2.75, 3.05) is 10.7 Å². The van der Waals surface area contributed by atoms with Gasteiger partial charge in [0.2, 0.25) is 6.30 Å². The zero-order chi connectivity index (χ0) is 23.3. The number of nitrogens with zero attached hydrogens (tertiary/aromatic N) is 4. The molecule has 12 heteroatoms. The van der Waals surface area contributed by atoms with E-state index in [1.165, 1.54) is 25.3 Å². The molecule has 0 spiro atoms. The Morgan fingerprint density at radius 2 is 1.97 bits per heavy atom. The van der Waals surface area contributed by atoms with E-state index in [4.69, 9.17) is 4.74 Å². The van der Waals surface area contributed by atoms with Crippen molar-refractivity contribution >= 4 is 21.6 Å². The van der Waals surface area contributed by atoms with Crippen molar-refractivity contribution in [3.63, 3.8) is 0 Å². The highest BCUT2D eigenvalue weighted by Gasteiger charge is 2.46. The smallest absolute Gasteiger partial charge is 0.417 e. The number of hydrogen-bond donors (Lipinski definition) is 0. The number of pyridine rings is 2. The fourth-order valence-corrected chi connectivity index (χ4v) is 4.56. The van der Waals surface area contributed by atoms with Crippen LogP contribution in [0.1, 0.15) is 30.9 Å². The van der Waals surface area contributed by atoms with Gasteiger partial charge in [0.15, 0.2) is 9.84 Å². The van der Waals surface area contributed by atoms with Crippen LogP contribution in [0.25, 0.3) is 11.4 Å². The zero-order valence-electron chi connectivity index (χ0n) is 16.8. The van der Waals surface area contributed by atoms with Crippen molar-refractivity contribution in [1.29, 1.82) is 5.26 Å². The first-order valence-corrected chi connectivity index (χ1v) is 11.3. The summed E-state index contributed by atoms with van der Waals surface area (Å²) in [4.78, 5) is 20.2. The summed E-state index contributed by atoms with van der Waals surface area (Å²) in [5.41, 5.74) is -0.218. The van der Waals surface area contributed by atoms with Crippen molar-refractivity contribution < 1.29 is 31.1 Å². The molecule has 2 aliphatic rings. The molecule has 1 unspecified atom stereocenters. The van der Waals surface area contributed by atoms with Crippen molar-refractivity contribution in [3.05, 3.63) is 35.7 Å². The summed E-state index contributed by atoms with van der Waals surface area (Å²) in [6.07, 6.45) is -4.03. The number of fused-ring (bicyclic) bond motifs is 1. The maximum Gasteiger partial charge on any atom is 0.417 e. The molecule has 4 rings (SSSR count). The molecular weight excluding hydrogens is 449 g/mol. The van der Waals surface area contributed by atoms with Crippen LogP contribution in [-0.2, 0) is 26.6 Å². The highest BCUT2D eigenvalue weighted by Crippen LogP contribution is 2.48. The van der Waals surface area contributed by atoms with Crippen LogP contribution in [0.3, 0.4) is 0 Å². The Hall–Kier alpha value is -3.20. The maximum absolute atomic E-state index is 14.0. The molecule has 1 fully saturated rings. The average Bonchev–Trinajstić information content (AvgIpc) is 3.59. The van der Waals surface area contributed by atoms with Crippen molar-refractivity contribution in [2.24, 2.45) is 0 Å². The number of sulfone groups is 1. The molecule has 0 N–H and O–H groups in total. The number of nitriles is 1. The minimum atomic E-state index is -3.77. The van der Waals surface area contributed by atoms with Gasteiger partial charge < -0.3 is 4.74 Å². The molecule has 0 bridgehead atoms. The Kier molecular flexibility index (Phi) is 5.32. The molecule has 8 nitrogen and oxygen atoms in total. The Morgan fingerprint density at radius 1 is 1.25 bits per heavy atom. The van der Waals surface area contributed by atoms with E-state index >= 15 is 0 Å². The number of carbonyl (C=O) groups excluding carboxylic acids is 1. The van der Waals surface area contributed by atoms with Crippen LogP contribution in [0.2, 0.25) is 0 Å². The summed E-state index contributed by atoms with van der Waals surface area (Å²) in [6.45, 7) is 1.13. The minimum absolute atomic E-state index is 0.00116. The van der Waals surface area contributed by atoms with E-state index in [-0.39, 0.29) is 44.8 Å². The minimum Gasteiger partial charge on any atom is -0.444 e. The lowest BCUT2D eigenvalue weighted by Crippen LogP contribution is -2.45. The first-order chi connectivity index (χ1) is 15.1. The van der Waals surface area contributed by atoms with E-state index in [1.807, 2.05) is 0 Å². The third-order valence-corrected chi connectivity index (χ3v) is 7.30. The standard InChI is InChI=1S/C20H17F3N4O4S/c1-2-32(29,30)15-6-12(20(10-24)3-4-20)7-26-16(15)13-5-11-9-31-19(28)27(14(11)8-25-13)18(23)17(21)22/h5-8,17-18H,2-4,9H2,1H3. The summed E-state index contributed by atoms with van der Waals surface area (Å²) in [7, 11) is -3.77. The number of anilines is 1. The maximum atomic E-state index is 14.0. The molecule has 1 saturated carbocycles. The molecule has 32 heavy (non-hydrogen) atoms. The number of cyclic esters (lactones) is 1. The molecule has 1 aliphatic carbocycles. The topological polar surface area (TPSA) is 113 Å². The van der Waals surface area contributed by atoms with E-state index in [2.05, 4.69) is 16.0 Å². The lowest BCUT2D eigenvalue weighted by Gasteiger charge is -2.30. The molecule has 3 heterocycles. The Bertz CT molecular complexity index is 1240. The van der Waals surface area contributed by atoms with Gasteiger partial charge in [0.25, 0.3) is 6.43 Å². The third-order valence-electron chi connectivity index (χ3n) is 5.55. The van der Waals surface area contributed by atoms with E-state index in [0.717, 1.165) is 6.20 Å². The van der Waals surface area contributed by atoms with Gasteiger partial charge in [0, 0.05) is 11.8 Å². The quantitative estimate of drug-likeness (QED) is 0.599. The lowest BCUT2D eigenvalue weighted by molar-refractivity contribution is 0.0406. The SMILES string of the molecule is CCS(=O)(=O)c1cc(C2(C#N)CC2)cnc1-c1cc2c(cn1)N(C(F)C(F)F)C(=O)OC2. The molecule has 1 aliphatic heterocycles. The first kappa shape index (κ1) is 22.0. The van der Waals surface area contributed by atoms with E-state index < -0.39 is 34.1 Å². The zero-order valence-corrected chi connectivity index (χ0v) is 17.6. The molecule has 2 aromatic heterocycles. The summed E-state index contributed by atoms with van der Waals surface area (Å²) in [6, 6.07) is 4.93. The van der Waals surface area contributed by atoms with E-state index in [0.29, 0.717) is 18.4 Å². The largest absolute Gasteiger partial charge is 0.444 e. The van der Waals surface area contributed by atoms with E-state index in [1.54, 1.807) is 0 Å². The van der Waals surface area contributed by atoms with Crippen LogP contribution in [0.4, 0.5) is 23.7 Å². The van der Waals surface area contributed by atoms with Crippen molar-refractivity contribution in [2.45, 2.75) is 49.4 Å². The van der Waals surface area contributed by atoms with Gasteiger partial charge in [-0.05, 0) is 30.5 Å². The lowest BCUT2D eigenvalue weighted by atomic mass is 9.99. The molecular formula is C20H17F3N4O4S. The predicted octanol–water partition coefficient (Wildman–Crippen LogP) is 3.51. The number of amides is 1. The van der Waals surface area contributed by atoms with Crippen LogP contribution in [0.15, 0.2) is 29.4 Å². The van der Waals surface area contributed by atoms with Gasteiger partial charge in [-0.15, -0.1) is 0 Å². The monoisotopic (exact) mass is 466 g/mol. The van der Waals surface area contributed by atoms with Crippen LogP contribution < -0.4 is 4.90 Å². The van der Waals surface area contributed by atoms with Gasteiger partial charge in [-0.25, -0.2) is 31.3 Å². The predicted molar refractivity (Wildman–Crippen MR) is 105 cm³/mol. The second kappa shape index (κ2) is 7.74. The highest BCUT2D eigenvalue weighted by molar-refractivity contribution is 7.91. The Balaban J connectivity index is 1.83. The van der Waals surface area contributed by atoms with Crippen molar-refractivity contribution in [3.8, 4) is 17.5 Å². The van der Waals surface area contributed by atoms with Gasteiger partial charge in [0.05, 0.1) is 39.7 Å². The Labute approximate surface area is 181 Å². The summed E-state index contributed by atoms with van der Waals surface area (Å²) >= 11 is 0. The van der Waals surface area contributed by atoms with Gasteiger partial charge in [0.1, 0.15) is 12.3 Å². The van der Waals surface area contributed by atoms with Crippen LogP contribution >= 0.6 is 0 Å². The molecule has 1 amide bonds. The normalized spacial score (nSPS) is 18.0. The fourth-order valence-electron chi connectivity index (χ4n) is 3.49. The molecule has 168 valence electrons. The summed E-state index contributed by atoms with van der Waals surface area (Å²) in [5, 5.41) is 9.44. The van der Waals surface area contributed by atoms with Crippen LogP contribution in [0.5, 0.6) is 0 Å². The summed E-state index contributed by atoms with van der Waals surface area (Å²) < 4.78 is 70.0. The molecule has 1 atom stereocenters. The number of rotatable bonds is 6. The number of carbonyl (C=O) groups is 1. The highest BCUT2D eigenvalue weighted by atomic mass is 32.2. The summed E-state index contributed by atoms with van der Waals surface area (Å²) in [5.74, 6) is -0.223. The van der Waals surface area contributed by atoms with Gasteiger partial charge >= 0.3 is 6.09 Å². The van der Waals surface area contributed by atoms with E-state index in [9.17, 15) is 31.6 Å². The average molecular weight is 466 g/mol. The van der Waals surface area contributed by atoms with Crippen LogP contribution in [0, 0.1) is 11.3 Å². The van der Waals surface area contributed by atoms with Crippen LogP contribution in [-0.4, -0.2) is 43.0 Å².